The summed E-state index contributed by atoms with van der Waals surface area (Å²) in [5, 5.41) is 10.7. The summed E-state index contributed by atoms with van der Waals surface area (Å²) >= 11 is 0. The molecule has 0 atom stereocenters. The molecule has 0 radical (unpaired) electrons. The van der Waals surface area contributed by atoms with Crippen LogP contribution in [0.1, 0.15) is 0 Å². The Morgan fingerprint density at radius 3 is 2.59 bits per heavy atom. The van der Waals surface area contributed by atoms with E-state index in [4.69, 9.17) is 0 Å². The molecule has 0 saturated heterocycles. The Bertz CT molecular complexity index is 587. The molecule has 0 unspecified atom stereocenters. The summed E-state index contributed by atoms with van der Waals surface area (Å²) in [6.07, 6.45) is 1.35. The van der Waals surface area contributed by atoms with Gasteiger partial charge in [-0.25, -0.2) is 13.8 Å². The van der Waals surface area contributed by atoms with E-state index in [1.54, 1.807) is 0 Å². The third-order valence-corrected chi connectivity index (χ3v) is 2.18. The molecule has 2 rings (SSSR count). The molecule has 0 N–H and O–H groups in total. The topological polar surface area (TPSA) is 56.0 Å². The first-order chi connectivity index (χ1) is 8.09. The number of hydrogen-bond donors (Lipinski definition) is 0. The summed E-state index contributed by atoms with van der Waals surface area (Å²) in [6.45, 7) is 0. The SMILES string of the molecule is O=[N+]([O-])c1cccnc1-c1ccc(F)c(F)c1. The lowest BCUT2D eigenvalue weighted by atomic mass is 10.1. The lowest BCUT2D eigenvalue weighted by Gasteiger charge is -2.02. The van der Waals surface area contributed by atoms with Crippen LogP contribution in [0, 0.1) is 21.7 Å². The van der Waals surface area contributed by atoms with Crippen molar-refractivity contribution in [1.82, 2.24) is 4.98 Å². The van der Waals surface area contributed by atoms with Crippen LogP contribution in [0.3, 0.4) is 0 Å². The van der Waals surface area contributed by atoms with Crippen LogP contribution >= 0.6 is 0 Å². The summed E-state index contributed by atoms with van der Waals surface area (Å²) in [4.78, 5) is 13.9. The Kier molecular flexibility index (Phi) is 2.78. The Labute approximate surface area is 94.7 Å². The fraction of sp³-hybridized carbons (Fsp3) is 0. The van der Waals surface area contributed by atoms with E-state index in [0.717, 1.165) is 12.1 Å². The Morgan fingerprint density at radius 1 is 1.18 bits per heavy atom. The van der Waals surface area contributed by atoms with Crippen LogP contribution in [0.5, 0.6) is 0 Å². The predicted octanol–water partition coefficient (Wildman–Crippen LogP) is 2.94. The van der Waals surface area contributed by atoms with E-state index in [2.05, 4.69) is 4.98 Å². The van der Waals surface area contributed by atoms with Gasteiger partial charge in [0.05, 0.1) is 4.92 Å². The van der Waals surface area contributed by atoms with Gasteiger partial charge in [-0.3, -0.25) is 10.1 Å². The van der Waals surface area contributed by atoms with Crippen LogP contribution in [0.2, 0.25) is 0 Å². The van der Waals surface area contributed by atoms with Crippen LogP contribution in [0.15, 0.2) is 36.5 Å². The standard InChI is InChI=1S/C11H6F2N2O2/c12-8-4-3-7(6-9(8)13)11-10(15(16)17)2-1-5-14-11/h1-6H. The third kappa shape index (κ3) is 2.10. The summed E-state index contributed by atoms with van der Waals surface area (Å²) in [5.74, 6) is -2.07. The molecule has 0 spiro atoms. The van der Waals surface area contributed by atoms with Crippen molar-refractivity contribution in [3.8, 4) is 11.3 Å². The molecule has 1 aromatic carbocycles. The Morgan fingerprint density at radius 2 is 1.94 bits per heavy atom. The number of nitro groups is 1. The fourth-order valence-electron chi connectivity index (χ4n) is 1.41. The molecule has 0 amide bonds. The van der Waals surface area contributed by atoms with Gasteiger partial charge in [0.1, 0.15) is 5.69 Å². The first-order valence-electron chi connectivity index (χ1n) is 4.64. The number of rotatable bonds is 2. The lowest BCUT2D eigenvalue weighted by Crippen LogP contribution is -1.95. The van der Waals surface area contributed by atoms with E-state index < -0.39 is 16.6 Å². The minimum atomic E-state index is -1.07. The number of halogens is 2. The number of nitrogens with zero attached hydrogens (tertiary/aromatic N) is 2. The Hall–Kier alpha value is -2.37. The molecular formula is C11H6F2N2O2. The van der Waals surface area contributed by atoms with Crippen molar-refractivity contribution in [2.24, 2.45) is 0 Å². The molecule has 0 aliphatic heterocycles. The minimum absolute atomic E-state index is 0.0106. The highest BCUT2D eigenvalue weighted by molar-refractivity contribution is 5.69. The summed E-state index contributed by atoms with van der Waals surface area (Å²) in [6, 6.07) is 5.69. The van der Waals surface area contributed by atoms with Gasteiger partial charge in [0.15, 0.2) is 11.6 Å². The number of hydrogen-bond acceptors (Lipinski definition) is 3. The van der Waals surface area contributed by atoms with Gasteiger partial charge in [-0.2, -0.15) is 0 Å². The van der Waals surface area contributed by atoms with E-state index in [1.165, 1.54) is 24.4 Å². The van der Waals surface area contributed by atoms with Gasteiger partial charge >= 0.3 is 0 Å². The van der Waals surface area contributed by atoms with Crippen molar-refractivity contribution in [3.63, 3.8) is 0 Å². The van der Waals surface area contributed by atoms with Crippen molar-refractivity contribution in [1.29, 1.82) is 0 Å². The van der Waals surface area contributed by atoms with Gasteiger partial charge in [-0.05, 0) is 24.3 Å². The van der Waals surface area contributed by atoms with E-state index in [9.17, 15) is 18.9 Å². The summed E-state index contributed by atoms with van der Waals surface area (Å²) in [5.41, 5.74) is -0.0777. The molecule has 1 aromatic heterocycles. The highest BCUT2D eigenvalue weighted by atomic mass is 19.2. The first kappa shape index (κ1) is 11.1. The van der Waals surface area contributed by atoms with Crippen LogP contribution in [0.25, 0.3) is 11.3 Å². The molecule has 6 heteroatoms. The maximum absolute atomic E-state index is 13.0. The quantitative estimate of drug-likeness (QED) is 0.595. The molecule has 0 aliphatic carbocycles. The largest absolute Gasteiger partial charge is 0.295 e. The first-order valence-corrected chi connectivity index (χ1v) is 4.64. The zero-order valence-electron chi connectivity index (χ0n) is 8.43. The molecular weight excluding hydrogens is 230 g/mol. The van der Waals surface area contributed by atoms with Crippen molar-refractivity contribution in [2.75, 3.05) is 0 Å². The van der Waals surface area contributed by atoms with Gasteiger partial charge < -0.3 is 0 Å². The molecule has 0 fully saturated rings. The molecule has 1 heterocycles. The van der Waals surface area contributed by atoms with Crippen molar-refractivity contribution in [3.05, 3.63) is 58.3 Å². The smallest absolute Gasteiger partial charge is 0.258 e. The third-order valence-electron chi connectivity index (χ3n) is 2.18. The molecule has 4 nitrogen and oxygen atoms in total. The Balaban J connectivity index is 2.60. The average molecular weight is 236 g/mol. The van der Waals surface area contributed by atoms with Gasteiger partial charge in [-0.1, -0.05) is 0 Å². The average Bonchev–Trinajstić information content (AvgIpc) is 2.32. The summed E-state index contributed by atoms with van der Waals surface area (Å²) < 4.78 is 25.8. The number of pyridine rings is 1. The predicted molar refractivity (Wildman–Crippen MR) is 56.2 cm³/mol. The second kappa shape index (κ2) is 4.25. The highest BCUT2D eigenvalue weighted by Gasteiger charge is 2.16. The monoisotopic (exact) mass is 236 g/mol. The number of benzene rings is 1. The van der Waals surface area contributed by atoms with Gasteiger partial charge in [0.25, 0.3) is 5.69 Å². The summed E-state index contributed by atoms with van der Waals surface area (Å²) in [7, 11) is 0. The maximum Gasteiger partial charge on any atom is 0.295 e. The second-order valence-electron chi connectivity index (χ2n) is 3.26. The van der Waals surface area contributed by atoms with Crippen LogP contribution < -0.4 is 0 Å². The van der Waals surface area contributed by atoms with Crippen molar-refractivity contribution in [2.45, 2.75) is 0 Å². The zero-order valence-corrected chi connectivity index (χ0v) is 8.43. The van der Waals surface area contributed by atoms with E-state index in [-0.39, 0.29) is 16.9 Å². The minimum Gasteiger partial charge on any atom is -0.258 e. The molecule has 2 aromatic rings. The van der Waals surface area contributed by atoms with E-state index >= 15 is 0 Å². The fourth-order valence-corrected chi connectivity index (χ4v) is 1.41. The molecule has 0 saturated carbocycles. The maximum atomic E-state index is 13.0. The second-order valence-corrected chi connectivity index (χ2v) is 3.26. The molecule has 86 valence electrons. The van der Waals surface area contributed by atoms with Crippen LogP contribution in [0.4, 0.5) is 14.5 Å². The van der Waals surface area contributed by atoms with Gasteiger partial charge in [0, 0.05) is 17.8 Å². The van der Waals surface area contributed by atoms with Crippen LogP contribution in [-0.4, -0.2) is 9.91 Å². The van der Waals surface area contributed by atoms with Gasteiger partial charge in [-0.15, -0.1) is 0 Å². The lowest BCUT2D eigenvalue weighted by molar-refractivity contribution is -0.384. The normalized spacial score (nSPS) is 10.2. The highest BCUT2D eigenvalue weighted by Crippen LogP contribution is 2.27. The zero-order chi connectivity index (χ0) is 12.4. The van der Waals surface area contributed by atoms with E-state index in [1.807, 2.05) is 0 Å². The van der Waals surface area contributed by atoms with Crippen molar-refractivity contribution < 1.29 is 13.7 Å². The van der Waals surface area contributed by atoms with Crippen LogP contribution in [-0.2, 0) is 0 Å². The van der Waals surface area contributed by atoms with Crippen molar-refractivity contribution >= 4 is 5.69 Å². The van der Waals surface area contributed by atoms with E-state index in [0.29, 0.717) is 0 Å². The number of aromatic nitrogens is 1. The molecule has 0 bridgehead atoms. The molecule has 17 heavy (non-hydrogen) atoms. The van der Waals surface area contributed by atoms with Gasteiger partial charge in [0.2, 0.25) is 0 Å². The molecule has 0 aliphatic rings.